The van der Waals surface area contributed by atoms with E-state index in [1.807, 2.05) is 12.1 Å². The summed E-state index contributed by atoms with van der Waals surface area (Å²) in [5, 5.41) is 0. The molecule has 262 valence electrons. The summed E-state index contributed by atoms with van der Waals surface area (Å²) in [4.78, 5) is 23.6. The lowest BCUT2D eigenvalue weighted by Gasteiger charge is -2.34. The van der Waals surface area contributed by atoms with Gasteiger partial charge < -0.3 is 14.5 Å². The number of hydrogen-bond acceptors (Lipinski definition) is 8. The Morgan fingerprint density at radius 2 is 1.53 bits per heavy atom. The summed E-state index contributed by atoms with van der Waals surface area (Å²) >= 11 is 0. The molecule has 1 saturated heterocycles. The highest BCUT2D eigenvalue weighted by Crippen LogP contribution is 2.35. The monoisotopic (exact) mass is 694 g/mol. The van der Waals surface area contributed by atoms with E-state index in [0.29, 0.717) is 25.1 Å². The fourth-order valence-corrected chi connectivity index (χ4v) is 7.39. The zero-order chi connectivity index (χ0) is 34.5. The minimum Gasteiger partial charge on any atom is -0.466 e. The van der Waals surface area contributed by atoms with Crippen molar-refractivity contribution in [2.45, 2.75) is 51.7 Å². The topological polar surface area (TPSA) is 105 Å². The standard InChI is InChI=1S/C37H44F2N4O5S/c1-3-47-33(44)22-25-6-14-30(15-7-25)48-37-40-32-23-31(38)34(35(39)36(32)41-37)29-12-10-28(11-13-29)27-8-4-26(5-9-27)24-43-18-16-42(17-19-43)20-21-49(2,45)46/h4-5,8-13,23,25,30H,3,6-7,14-22,24H2,1-2H3,(H,40,41). The number of aromatic nitrogens is 2. The SMILES string of the molecule is CCOC(=O)CC1CCC(Oc2nc3c(F)c(-c4ccc(-c5ccc(CN6CCN(CCS(C)(=O)=O)CC6)cc5)cc4)c(F)cc3[nH]2)CC1. The lowest BCUT2D eigenvalue weighted by atomic mass is 9.85. The van der Waals surface area contributed by atoms with Crippen molar-refractivity contribution in [1.82, 2.24) is 19.8 Å². The van der Waals surface area contributed by atoms with Crippen molar-refractivity contribution in [2.24, 2.45) is 5.92 Å². The number of aromatic amines is 1. The maximum absolute atomic E-state index is 15.8. The number of hydrogen-bond donors (Lipinski definition) is 1. The number of sulfone groups is 1. The van der Waals surface area contributed by atoms with Crippen molar-refractivity contribution >= 4 is 26.8 Å². The van der Waals surface area contributed by atoms with E-state index in [2.05, 4.69) is 44.0 Å². The number of carbonyl (C=O) groups excluding carboxylic acids is 1. The molecule has 0 unspecified atom stereocenters. The third-order valence-electron chi connectivity index (χ3n) is 9.59. The molecule has 0 spiro atoms. The van der Waals surface area contributed by atoms with Gasteiger partial charge in [-0.1, -0.05) is 48.5 Å². The Morgan fingerprint density at radius 1 is 0.918 bits per heavy atom. The van der Waals surface area contributed by atoms with Crippen LogP contribution in [-0.2, 0) is 25.9 Å². The third-order valence-corrected chi connectivity index (χ3v) is 10.5. The summed E-state index contributed by atoms with van der Waals surface area (Å²) < 4.78 is 65.1. The van der Waals surface area contributed by atoms with Gasteiger partial charge in [0.15, 0.2) is 5.82 Å². The molecule has 0 radical (unpaired) electrons. The van der Waals surface area contributed by atoms with Crippen LogP contribution in [0.3, 0.4) is 0 Å². The molecule has 3 aromatic carbocycles. The lowest BCUT2D eigenvalue weighted by molar-refractivity contribution is -0.144. The first-order valence-corrected chi connectivity index (χ1v) is 19.1. The Morgan fingerprint density at radius 3 is 2.16 bits per heavy atom. The first kappa shape index (κ1) is 35.0. The van der Waals surface area contributed by atoms with Crippen LogP contribution in [0.4, 0.5) is 8.78 Å². The van der Waals surface area contributed by atoms with Crippen LogP contribution in [0.15, 0.2) is 54.6 Å². The number of nitrogens with zero attached hydrogens (tertiary/aromatic N) is 3. The zero-order valence-corrected chi connectivity index (χ0v) is 28.9. The Bertz CT molecular complexity index is 1850. The number of H-pyrrole nitrogens is 1. The number of benzene rings is 3. The van der Waals surface area contributed by atoms with Crippen molar-refractivity contribution in [1.29, 1.82) is 0 Å². The number of piperazine rings is 1. The summed E-state index contributed by atoms with van der Waals surface area (Å²) in [7, 11) is -2.95. The molecule has 4 aromatic rings. The molecule has 49 heavy (non-hydrogen) atoms. The Kier molecular flexibility index (Phi) is 11.0. The molecule has 1 aliphatic heterocycles. The van der Waals surface area contributed by atoms with Gasteiger partial charge in [-0.05, 0) is 60.8 Å². The van der Waals surface area contributed by atoms with Crippen LogP contribution < -0.4 is 4.74 Å². The van der Waals surface area contributed by atoms with Gasteiger partial charge in [-0.25, -0.2) is 17.2 Å². The van der Waals surface area contributed by atoms with Gasteiger partial charge in [0.05, 0.1) is 23.4 Å². The van der Waals surface area contributed by atoms with Crippen molar-refractivity contribution < 1.29 is 31.5 Å². The molecule has 0 bridgehead atoms. The second kappa shape index (κ2) is 15.3. The number of esters is 1. The average Bonchev–Trinajstić information content (AvgIpc) is 3.48. The highest BCUT2D eigenvalue weighted by Gasteiger charge is 2.26. The van der Waals surface area contributed by atoms with Crippen molar-refractivity contribution in [3.05, 3.63) is 71.8 Å². The molecule has 1 saturated carbocycles. The zero-order valence-electron chi connectivity index (χ0n) is 28.1. The molecule has 2 heterocycles. The summed E-state index contributed by atoms with van der Waals surface area (Å²) in [6, 6.07) is 16.9. The first-order chi connectivity index (χ1) is 23.5. The predicted molar refractivity (Wildman–Crippen MR) is 186 cm³/mol. The number of halogens is 2. The Hall–Kier alpha value is -3.87. The minimum absolute atomic E-state index is 0.0254. The molecule has 0 atom stereocenters. The Balaban J connectivity index is 1.05. The third kappa shape index (κ3) is 9.03. The lowest BCUT2D eigenvalue weighted by Crippen LogP contribution is -2.47. The van der Waals surface area contributed by atoms with Crippen LogP contribution >= 0.6 is 0 Å². The number of carbonyl (C=O) groups is 1. The maximum atomic E-state index is 15.8. The molecular formula is C37H44F2N4O5S. The second-order valence-corrected chi connectivity index (χ2v) is 15.5. The molecule has 2 fully saturated rings. The van der Waals surface area contributed by atoms with Crippen LogP contribution in [0, 0.1) is 17.6 Å². The van der Waals surface area contributed by atoms with Gasteiger partial charge in [0, 0.05) is 58.0 Å². The minimum atomic E-state index is -2.95. The smallest absolute Gasteiger partial charge is 0.306 e. The van der Waals surface area contributed by atoms with E-state index in [9.17, 15) is 13.2 Å². The molecule has 1 N–H and O–H groups in total. The molecule has 9 nitrogen and oxygen atoms in total. The van der Waals surface area contributed by atoms with Crippen LogP contribution in [0.25, 0.3) is 33.3 Å². The van der Waals surface area contributed by atoms with E-state index in [1.54, 1.807) is 19.1 Å². The number of nitrogens with one attached hydrogen (secondary N) is 1. The van der Waals surface area contributed by atoms with Gasteiger partial charge in [0.2, 0.25) is 0 Å². The average molecular weight is 695 g/mol. The van der Waals surface area contributed by atoms with Gasteiger partial charge in [-0.15, -0.1) is 0 Å². The van der Waals surface area contributed by atoms with Gasteiger partial charge in [-0.3, -0.25) is 14.6 Å². The number of imidazole rings is 1. The van der Waals surface area contributed by atoms with E-state index < -0.39 is 21.5 Å². The van der Waals surface area contributed by atoms with Crippen molar-refractivity contribution in [3.63, 3.8) is 0 Å². The summed E-state index contributed by atoms with van der Waals surface area (Å²) in [6.07, 6.45) is 4.70. The predicted octanol–water partition coefficient (Wildman–Crippen LogP) is 6.23. The van der Waals surface area contributed by atoms with E-state index in [1.165, 1.54) is 17.9 Å². The van der Waals surface area contributed by atoms with E-state index in [0.717, 1.165) is 69.5 Å². The summed E-state index contributed by atoms with van der Waals surface area (Å²) in [5.41, 5.74) is 3.66. The molecule has 12 heteroatoms. The van der Waals surface area contributed by atoms with Crippen LogP contribution in [0.1, 0.15) is 44.6 Å². The highest BCUT2D eigenvalue weighted by atomic mass is 32.2. The molecule has 0 amide bonds. The fraction of sp³-hybridized carbons (Fsp3) is 0.459. The van der Waals surface area contributed by atoms with Gasteiger partial charge in [-0.2, -0.15) is 4.98 Å². The van der Waals surface area contributed by atoms with E-state index in [4.69, 9.17) is 9.47 Å². The van der Waals surface area contributed by atoms with Crippen LogP contribution in [-0.4, -0.2) is 91.6 Å². The molecule has 2 aliphatic rings. The van der Waals surface area contributed by atoms with Gasteiger partial charge in [0.25, 0.3) is 6.01 Å². The maximum Gasteiger partial charge on any atom is 0.306 e. The summed E-state index contributed by atoms with van der Waals surface area (Å²) in [6.45, 7) is 7.05. The molecule has 1 aromatic heterocycles. The van der Waals surface area contributed by atoms with Crippen molar-refractivity contribution in [3.8, 4) is 28.3 Å². The number of rotatable bonds is 12. The molecular weight excluding hydrogens is 650 g/mol. The quantitative estimate of drug-likeness (QED) is 0.174. The normalized spacial score (nSPS) is 19.3. The van der Waals surface area contributed by atoms with E-state index in [-0.39, 0.29) is 46.4 Å². The fourth-order valence-electron chi connectivity index (χ4n) is 6.80. The van der Waals surface area contributed by atoms with Gasteiger partial charge >= 0.3 is 5.97 Å². The van der Waals surface area contributed by atoms with Crippen molar-refractivity contribution in [2.75, 3.05) is 51.3 Å². The van der Waals surface area contributed by atoms with Crippen LogP contribution in [0.2, 0.25) is 0 Å². The largest absolute Gasteiger partial charge is 0.466 e. The Labute approximate surface area is 286 Å². The highest BCUT2D eigenvalue weighted by molar-refractivity contribution is 7.90. The number of fused-ring (bicyclic) bond motifs is 1. The van der Waals surface area contributed by atoms with E-state index >= 15 is 8.78 Å². The first-order valence-electron chi connectivity index (χ1n) is 17.1. The number of ether oxygens (including phenoxy) is 2. The second-order valence-electron chi connectivity index (χ2n) is 13.3. The molecule has 1 aliphatic carbocycles. The summed E-state index contributed by atoms with van der Waals surface area (Å²) in [5.74, 6) is -1.15. The van der Waals surface area contributed by atoms with Crippen LogP contribution in [0.5, 0.6) is 6.01 Å². The van der Waals surface area contributed by atoms with Gasteiger partial charge in [0.1, 0.15) is 27.3 Å². The molecule has 6 rings (SSSR count).